The summed E-state index contributed by atoms with van der Waals surface area (Å²) in [4.78, 5) is 22.5. The van der Waals surface area contributed by atoms with Crippen molar-refractivity contribution in [2.24, 2.45) is 5.73 Å². The van der Waals surface area contributed by atoms with Gasteiger partial charge in [-0.15, -0.1) is 0 Å². The average molecular weight is 428 g/mol. The predicted octanol–water partition coefficient (Wildman–Crippen LogP) is 4.32. The molecule has 0 fully saturated rings. The Kier molecular flexibility index (Phi) is 7.56. The first-order valence-electron chi connectivity index (χ1n) is 10.1. The molecule has 32 heavy (non-hydrogen) atoms. The highest BCUT2D eigenvalue weighted by Gasteiger charge is 2.14. The Morgan fingerprint density at radius 3 is 2.09 bits per heavy atom. The Labute approximate surface area is 186 Å². The highest BCUT2D eigenvalue weighted by Crippen LogP contribution is 2.19. The number of hydrogen-bond donors (Lipinski definition) is 4. The number of carboxylic acid groups (broad SMARTS) is 1. The first kappa shape index (κ1) is 22.5. The molecule has 0 aliphatic rings. The molecule has 0 heterocycles. The minimum absolute atomic E-state index is 0.167. The standard InChI is InChI=1S/C19H18N2O.C7H7NO2/c20-18(12-14-6-2-1-3-7-14)19(22)21-17-11-10-15-8-4-5-9-16(15)13-17;8-6-3-1-5(2-4-6)7(9)10/h1-11,13,18H,12,20H2,(H,21,22);1-4H,8H2,(H,9,10)/t18-;/m0./s1. The fourth-order valence-electron chi connectivity index (χ4n) is 3.09. The van der Waals surface area contributed by atoms with Gasteiger partial charge in [0.1, 0.15) is 0 Å². The Morgan fingerprint density at radius 1 is 0.812 bits per heavy atom. The highest BCUT2D eigenvalue weighted by molar-refractivity contribution is 5.97. The van der Waals surface area contributed by atoms with Crippen molar-refractivity contribution in [3.05, 3.63) is 108 Å². The molecule has 1 atom stereocenters. The molecule has 4 aromatic carbocycles. The second kappa shape index (κ2) is 10.7. The van der Waals surface area contributed by atoms with Crippen LogP contribution in [0.3, 0.4) is 0 Å². The number of aromatic carboxylic acids is 1. The lowest BCUT2D eigenvalue weighted by molar-refractivity contribution is -0.117. The molecule has 0 saturated carbocycles. The number of carboxylic acids is 1. The fraction of sp³-hybridized carbons (Fsp3) is 0.0769. The summed E-state index contributed by atoms with van der Waals surface area (Å²) < 4.78 is 0. The number of carbonyl (C=O) groups excluding carboxylic acids is 1. The quantitative estimate of drug-likeness (QED) is 0.354. The van der Waals surface area contributed by atoms with Gasteiger partial charge in [-0.2, -0.15) is 0 Å². The third-order valence-corrected chi connectivity index (χ3v) is 4.81. The van der Waals surface area contributed by atoms with Gasteiger partial charge in [0, 0.05) is 11.4 Å². The van der Waals surface area contributed by atoms with E-state index in [1.165, 1.54) is 12.1 Å². The molecule has 0 bridgehead atoms. The zero-order chi connectivity index (χ0) is 22.9. The van der Waals surface area contributed by atoms with Gasteiger partial charge >= 0.3 is 5.97 Å². The summed E-state index contributed by atoms with van der Waals surface area (Å²) in [6, 6.07) is 29.2. The average Bonchev–Trinajstić information content (AvgIpc) is 2.80. The van der Waals surface area contributed by atoms with Gasteiger partial charge in [0.05, 0.1) is 11.6 Å². The van der Waals surface area contributed by atoms with Crippen LogP contribution < -0.4 is 16.8 Å². The van der Waals surface area contributed by atoms with Crippen LogP contribution in [0.15, 0.2) is 97.1 Å². The second-order valence-electron chi connectivity index (χ2n) is 7.27. The monoisotopic (exact) mass is 427 g/mol. The van der Waals surface area contributed by atoms with Crippen molar-refractivity contribution in [3.63, 3.8) is 0 Å². The number of amides is 1. The van der Waals surface area contributed by atoms with E-state index in [9.17, 15) is 9.59 Å². The molecular weight excluding hydrogens is 402 g/mol. The van der Waals surface area contributed by atoms with Gasteiger partial charge in [-0.05, 0) is 59.2 Å². The fourth-order valence-corrected chi connectivity index (χ4v) is 3.09. The van der Waals surface area contributed by atoms with Crippen molar-refractivity contribution in [2.45, 2.75) is 12.5 Å². The zero-order valence-electron chi connectivity index (χ0n) is 17.4. The van der Waals surface area contributed by atoms with Crippen molar-refractivity contribution in [1.29, 1.82) is 0 Å². The lowest BCUT2D eigenvalue weighted by Gasteiger charge is -2.13. The van der Waals surface area contributed by atoms with Gasteiger partial charge < -0.3 is 21.9 Å². The molecule has 0 spiro atoms. The number of nitrogen functional groups attached to an aromatic ring is 1. The van der Waals surface area contributed by atoms with Crippen molar-refractivity contribution in [1.82, 2.24) is 0 Å². The van der Waals surface area contributed by atoms with Crippen LogP contribution >= 0.6 is 0 Å². The normalized spacial score (nSPS) is 11.2. The van der Waals surface area contributed by atoms with E-state index < -0.39 is 12.0 Å². The molecule has 6 nitrogen and oxygen atoms in total. The van der Waals surface area contributed by atoms with Crippen molar-refractivity contribution >= 4 is 34.0 Å². The summed E-state index contributed by atoms with van der Waals surface area (Å²) in [7, 11) is 0. The summed E-state index contributed by atoms with van der Waals surface area (Å²) in [5, 5.41) is 13.6. The summed E-state index contributed by atoms with van der Waals surface area (Å²) in [6.45, 7) is 0. The molecule has 6 heteroatoms. The van der Waals surface area contributed by atoms with Gasteiger partial charge in [0.2, 0.25) is 5.91 Å². The maximum absolute atomic E-state index is 12.2. The van der Waals surface area contributed by atoms with E-state index in [4.69, 9.17) is 16.6 Å². The number of nitrogens with two attached hydrogens (primary N) is 2. The van der Waals surface area contributed by atoms with Crippen LogP contribution in [0.25, 0.3) is 10.8 Å². The van der Waals surface area contributed by atoms with Gasteiger partial charge in [0.15, 0.2) is 0 Å². The van der Waals surface area contributed by atoms with Crippen LogP contribution in [0.1, 0.15) is 15.9 Å². The van der Waals surface area contributed by atoms with E-state index >= 15 is 0 Å². The zero-order valence-corrected chi connectivity index (χ0v) is 17.4. The number of anilines is 2. The van der Waals surface area contributed by atoms with Crippen LogP contribution in [0.5, 0.6) is 0 Å². The molecule has 1 amide bonds. The number of fused-ring (bicyclic) bond motifs is 1. The van der Waals surface area contributed by atoms with E-state index in [0.717, 1.165) is 22.0 Å². The molecule has 0 aromatic heterocycles. The first-order valence-corrected chi connectivity index (χ1v) is 10.1. The van der Waals surface area contributed by atoms with Gasteiger partial charge in [-0.3, -0.25) is 4.79 Å². The number of hydrogen-bond acceptors (Lipinski definition) is 4. The van der Waals surface area contributed by atoms with Crippen LogP contribution in [0.4, 0.5) is 11.4 Å². The highest BCUT2D eigenvalue weighted by atomic mass is 16.4. The summed E-state index contributed by atoms with van der Waals surface area (Å²) in [5.41, 5.74) is 14.0. The summed E-state index contributed by atoms with van der Waals surface area (Å²) >= 11 is 0. The number of nitrogens with one attached hydrogen (secondary N) is 1. The second-order valence-corrected chi connectivity index (χ2v) is 7.27. The third kappa shape index (κ3) is 6.42. The van der Waals surface area contributed by atoms with Gasteiger partial charge in [0.25, 0.3) is 0 Å². The van der Waals surface area contributed by atoms with Gasteiger partial charge in [-0.1, -0.05) is 60.7 Å². The smallest absolute Gasteiger partial charge is 0.335 e. The molecule has 4 rings (SSSR count). The van der Waals surface area contributed by atoms with E-state index in [2.05, 4.69) is 5.32 Å². The third-order valence-electron chi connectivity index (χ3n) is 4.81. The molecule has 0 unspecified atom stereocenters. The topological polar surface area (TPSA) is 118 Å². The van der Waals surface area contributed by atoms with E-state index in [1.54, 1.807) is 12.1 Å². The van der Waals surface area contributed by atoms with E-state index in [0.29, 0.717) is 12.1 Å². The Hall–Kier alpha value is -4.16. The van der Waals surface area contributed by atoms with Crippen LogP contribution in [0, 0.1) is 0 Å². The lowest BCUT2D eigenvalue weighted by atomic mass is 10.1. The SMILES string of the molecule is N[C@@H](Cc1ccccc1)C(=O)Nc1ccc2ccccc2c1.Nc1ccc(C(=O)O)cc1. The minimum atomic E-state index is -0.931. The maximum Gasteiger partial charge on any atom is 0.335 e. The number of rotatable bonds is 5. The Morgan fingerprint density at radius 2 is 1.44 bits per heavy atom. The van der Waals surface area contributed by atoms with E-state index in [-0.39, 0.29) is 11.5 Å². The van der Waals surface area contributed by atoms with Crippen molar-refractivity contribution in [3.8, 4) is 0 Å². The molecule has 6 N–H and O–H groups in total. The maximum atomic E-state index is 12.2. The number of benzene rings is 4. The minimum Gasteiger partial charge on any atom is -0.478 e. The van der Waals surface area contributed by atoms with Crippen molar-refractivity contribution in [2.75, 3.05) is 11.1 Å². The molecule has 0 aliphatic carbocycles. The summed E-state index contributed by atoms with van der Waals surface area (Å²) in [6.07, 6.45) is 0.528. The molecule has 0 aliphatic heterocycles. The van der Waals surface area contributed by atoms with Gasteiger partial charge in [-0.25, -0.2) is 4.79 Å². The van der Waals surface area contributed by atoms with Crippen LogP contribution in [-0.2, 0) is 11.2 Å². The molecule has 4 aromatic rings. The molecule has 0 radical (unpaired) electrons. The van der Waals surface area contributed by atoms with Crippen LogP contribution in [-0.4, -0.2) is 23.0 Å². The molecule has 0 saturated heterocycles. The van der Waals surface area contributed by atoms with Crippen LogP contribution in [0.2, 0.25) is 0 Å². The Bertz CT molecular complexity index is 1190. The van der Waals surface area contributed by atoms with Crippen molar-refractivity contribution < 1.29 is 14.7 Å². The molecular formula is C26H25N3O3. The molecule has 162 valence electrons. The van der Waals surface area contributed by atoms with E-state index in [1.807, 2.05) is 72.8 Å². The first-order chi connectivity index (χ1) is 15.4. The largest absolute Gasteiger partial charge is 0.478 e. The number of carbonyl (C=O) groups is 2. The lowest BCUT2D eigenvalue weighted by Crippen LogP contribution is -2.37. The Balaban J connectivity index is 0.000000243. The predicted molar refractivity (Wildman–Crippen MR) is 129 cm³/mol. The summed E-state index contributed by atoms with van der Waals surface area (Å²) in [5.74, 6) is -1.10.